The van der Waals surface area contributed by atoms with E-state index in [4.69, 9.17) is 16.3 Å². The lowest BCUT2D eigenvalue weighted by molar-refractivity contribution is 0.722. The molecule has 0 fully saturated rings. The topological polar surface area (TPSA) is 73.6 Å². The van der Waals surface area contributed by atoms with E-state index >= 15 is 0 Å². The van der Waals surface area contributed by atoms with Crippen molar-refractivity contribution in [2.45, 2.75) is 12.5 Å². The van der Waals surface area contributed by atoms with E-state index in [1.54, 1.807) is 18.2 Å². The summed E-state index contributed by atoms with van der Waals surface area (Å²) in [5.74, 6) is 0. The zero-order valence-electron chi connectivity index (χ0n) is 10.4. The highest BCUT2D eigenvalue weighted by Gasteiger charge is 2.07. The largest absolute Gasteiger partial charge is 0.324 e. The van der Waals surface area contributed by atoms with Crippen molar-refractivity contribution in [3.8, 4) is 12.1 Å². The Hall–Kier alpha value is -2.62. The number of nitrogens with zero attached hydrogens (tertiary/aromatic N) is 2. The SMILES string of the molecule is N#Cc1ccc(C(N)Cc2cccc(C#N)c2)cc1. The Morgan fingerprint density at radius 3 is 2.26 bits per heavy atom. The van der Waals surface area contributed by atoms with Crippen LogP contribution in [-0.4, -0.2) is 0 Å². The van der Waals surface area contributed by atoms with E-state index in [-0.39, 0.29) is 6.04 Å². The smallest absolute Gasteiger partial charge is 0.0991 e. The molecule has 2 rings (SSSR count). The third-order valence-corrected chi connectivity index (χ3v) is 2.98. The minimum atomic E-state index is -0.137. The summed E-state index contributed by atoms with van der Waals surface area (Å²) in [6, 6.07) is 18.8. The van der Waals surface area contributed by atoms with Crippen LogP contribution in [0.15, 0.2) is 48.5 Å². The predicted octanol–water partition coefficient (Wildman–Crippen LogP) is 2.67. The molecule has 0 saturated heterocycles. The van der Waals surface area contributed by atoms with Crippen molar-refractivity contribution in [3.05, 3.63) is 70.8 Å². The molecule has 2 N–H and O–H groups in total. The Labute approximate surface area is 112 Å². The van der Waals surface area contributed by atoms with E-state index in [1.807, 2.05) is 30.3 Å². The van der Waals surface area contributed by atoms with Gasteiger partial charge in [-0.05, 0) is 41.8 Å². The molecule has 0 aliphatic heterocycles. The molecule has 0 spiro atoms. The van der Waals surface area contributed by atoms with Gasteiger partial charge in [-0.3, -0.25) is 0 Å². The summed E-state index contributed by atoms with van der Waals surface area (Å²) in [7, 11) is 0. The fraction of sp³-hybridized carbons (Fsp3) is 0.125. The first kappa shape index (κ1) is 12.8. The summed E-state index contributed by atoms with van der Waals surface area (Å²) in [5.41, 5.74) is 9.44. The van der Waals surface area contributed by atoms with Crippen molar-refractivity contribution in [2.24, 2.45) is 5.73 Å². The maximum absolute atomic E-state index is 8.86. The summed E-state index contributed by atoms with van der Waals surface area (Å²) in [6.45, 7) is 0. The van der Waals surface area contributed by atoms with Crippen LogP contribution < -0.4 is 5.73 Å². The summed E-state index contributed by atoms with van der Waals surface area (Å²) < 4.78 is 0. The van der Waals surface area contributed by atoms with Gasteiger partial charge in [0.1, 0.15) is 0 Å². The van der Waals surface area contributed by atoms with Crippen LogP contribution in [-0.2, 0) is 6.42 Å². The van der Waals surface area contributed by atoms with Crippen LogP contribution in [0.4, 0.5) is 0 Å². The molecule has 19 heavy (non-hydrogen) atoms. The molecule has 0 aliphatic rings. The molecule has 2 aromatic carbocycles. The van der Waals surface area contributed by atoms with Gasteiger partial charge in [0.2, 0.25) is 0 Å². The van der Waals surface area contributed by atoms with Gasteiger partial charge < -0.3 is 5.73 Å². The molecule has 2 aromatic rings. The van der Waals surface area contributed by atoms with Crippen LogP contribution >= 0.6 is 0 Å². The molecule has 0 aliphatic carbocycles. The highest BCUT2D eigenvalue weighted by atomic mass is 14.6. The molecule has 92 valence electrons. The first-order valence-electron chi connectivity index (χ1n) is 5.97. The van der Waals surface area contributed by atoms with Crippen LogP contribution in [0, 0.1) is 22.7 Å². The van der Waals surface area contributed by atoms with Crippen LogP contribution in [0.5, 0.6) is 0 Å². The van der Waals surface area contributed by atoms with Gasteiger partial charge in [0.15, 0.2) is 0 Å². The number of hydrogen-bond donors (Lipinski definition) is 1. The van der Waals surface area contributed by atoms with Gasteiger partial charge in [-0.25, -0.2) is 0 Å². The maximum Gasteiger partial charge on any atom is 0.0991 e. The van der Waals surface area contributed by atoms with E-state index < -0.39 is 0 Å². The van der Waals surface area contributed by atoms with Crippen molar-refractivity contribution < 1.29 is 0 Å². The van der Waals surface area contributed by atoms with Crippen molar-refractivity contribution in [3.63, 3.8) is 0 Å². The monoisotopic (exact) mass is 247 g/mol. The van der Waals surface area contributed by atoms with Crippen molar-refractivity contribution >= 4 is 0 Å². The van der Waals surface area contributed by atoms with Crippen molar-refractivity contribution in [2.75, 3.05) is 0 Å². The first-order valence-corrected chi connectivity index (χ1v) is 5.97. The van der Waals surface area contributed by atoms with Gasteiger partial charge in [0.25, 0.3) is 0 Å². The summed E-state index contributed by atoms with van der Waals surface area (Å²) in [5, 5.41) is 17.6. The van der Waals surface area contributed by atoms with E-state index in [1.165, 1.54) is 0 Å². The molecule has 3 nitrogen and oxygen atoms in total. The number of rotatable bonds is 3. The molecule has 1 atom stereocenters. The van der Waals surface area contributed by atoms with Crippen LogP contribution in [0.3, 0.4) is 0 Å². The summed E-state index contributed by atoms with van der Waals surface area (Å²) >= 11 is 0. The number of benzene rings is 2. The Balaban J connectivity index is 2.14. The summed E-state index contributed by atoms with van der Waals surface area (Å²) in [4.78, 5) is 0. The normalized spacial score (nSPS) is 11.3. The lowest BCUT2D eigenvalue weighted by Gasteiger charge is -2.12. The van der Waals surface area contributed by atoms with E-state index in [9.17, 15) is 0 Å². The Morgan fingerprint density at radius 1 is 0.947 bits per heavy atom. The average Bonchev–Trinajstić information content (AvgIpc) is 2.47. The summed E-state index contributed by atoms with van der Waals surface area (Å²) in [6.07, 6.45) is 0.668. The Morgan fingerprint density at radius 2 is 1.63 bits per heavy atom. The zero-order chi connectivity index (χ0) is 13.7. The lowest BCUT2D eigenvalue weighted by atomic mass is 9.98. The highest BCUT2D eigenvalue weighted by Crippen LogP contribution is 2.17. The molecule has 0 heterocycles. The van der Waals surface area contributed by atoms with E-state index in [0.29, 0.717) is 17.5 Å². The van der Waals surface area contributed by atoms with Crippen LogP contribution in [0.2, 0.25) is 0 Å². The second-order valence-electron chi connectivity index (χ2n) is 4.36. The molecular weight excluding hydrogens is 234 g/mol. The maximum atomic E-state index is 8.86. The minimum absolute atomic E-state index is 0.137. The van der Waals surface area contributed by atoms with E-state index in [0.717, 1.165) is 11.1 Å². The van der Waals surface area contributed by atoms with Crippen LogP contribution in [0.25, 0.3) is 0 Å². The number of hydrogen-bond acceptors (Lipinski definition) is 3. The molecular formula is C16H13N3. The lowest BCUT2D eigenvalue weighted by Crippen LogP contribution is -2.13. The fourth-order valence-corrected chi connectivity index (χ4v) is 1.94. The van der Waals surface area contributed by atoms with Crippen molar-refractivity contribution in [1.82, 2.24) is 0 Å². The van der Waals surface area contributed by atoms with Gasteiger partial charge in [-0.15, -0.1) is 0 Å². The molecule has 0 aromatic heterocycles. The second-order valence-corrected chi connectivity index (χ2v) is 4.36. The van der Waals surface area contributed by atoms with Crippen LogP contribution in [0.1, 0.15) is 28.3 Å². The zero-order valence-corrected chi connectivity index (χ0v) is 10.4. The van der Waals surface area contributed by atoms with Gasteiger partial charge >= 0.3 is 0 Å². The highest BCUT2D eigenvalue weighted by molar-refractivity contribution is 5.35. The fourth-order valence-electron chi connectivity index (χ4n) is 1.94. The van der Waals surface area contributed by atoms with E-state index in [2.05, 4.69) is 12.1 Å². The predicted molar refractivity (Wildman–Crippen MR) is 72.9 cm³/mol. The van der Waals surface area contributed by atoms with Gasteiger partial charge in [-0.1, -0.05) is 24.3 Å². The van der Waals surface area contributed by atoms with Gasteiger partial charge in [-0.2, -0.15) is 10.5 Å². The first-order chi connectivity index (χ1) is 9.22. The Kier molecular flexibility index (Phi) is 3.93. The molecule has 0 radical (unpaired) electrons. The molecule has 0 amide bonds. The molecule has 0 saturated carbocycles. The quantitative estimate of drug-likeness (QED) is 0.906. The number of nitrogens with two attached hydrogens (primary N) is 1. The molecule has 3 heteroatoms. The third-order valence-electron chi connectivity index (χ3n) is 2.98. The standard InChI is InChI=1S/C16H13N3/c17-10-12-4-6-15(7-5-12)16(19)9-13-2-1-3-14(8-13)11-18/h1-8,16H,9,19H2. The second kappa shape index (κ2) is 5.82. The number of nitriles is 2. The third kappa shape index (κ3) is 3.19. The van der Waals surface area contributed by atoms with Gasteiger partial charge in [0, 0.05) is 6.04 Å². The van der Waals surface area contributed by atoms with Crippen molar-refractivity contribution in [1.29, 1.82) is 10.5 Å². The molecule has 1 unspecified atom stereocenters. The average molecular weight is 247 g/mol. The molecule has 0 bridgehead atoms. The minimum Gasteiger partial charge on any atom is -0.324 e. The Bertz CT molecular complexity index is 645. The van der Waals surface area contributed by atoms with Gasteiger partial charge in [0.05, 0.1) is 23.3 Å².